The number of rotatable bonds is 9. The molecular weight excluding hydrogens is 646 g/mol. The molecule has 0 fully saturated rings. The van der Waals surface area contributed by atoms with Crippen LogP contribution < -0.4 is 29.1 Å². The molecule has 0 saturated carbocycles. The third-order valence-electron chi connectivity index (χ3n) is 7.03. The van der Waals surface area contributed by atoms with Gasteiger partial charge in [-0.3, -0.25) is 9.36 Å². The summed E-state index contributed by atoms with van der Waals surface area (Å²) in [5.41, 5.74) is 2.87. The summed E-state index contributed by atoms with van der Waals surface area (Å²) in [4.78, 5) is 32.5. The van der Waals surface area contributed by atoms with Crippen LogP contribution in [0.15, 0.2) is 86.2 Å². The van der Waals surface area contributed by atoms with Crippen LogP contribution in [0, 0.1) is 11.3 Å². The first kappa shape index (κ1) is 30.8. The van der Waals surface area contributed by atoms with Crippen molar-refractivity contribution < 1.29 is 23.7 Å². The van der Waals surface area contributed by atoms with Crippen molar-refractivity contribution in [1.82, 2.24) is 4.57 Å². The number of allylic oxidation sites excluding steroid dienone is 1. The van der Waals surface area contributed by atoms with Gasteiger partial charge in [0, 0.05) is 27.2 Å². The molecule has 0 radical (unpaired) electrons. The van der Waals surface area contributed by atoms with E-state index in [1.54, 1.807) is 63.4 Å². The number of fused-ring (bicyclic) bond motifs is 1. The highest BCUT2D eigenvalue weighted by molar-refractivity contribution is 9.10. The average Bonchev–Trinajstić information content (AvgIpc) is 3.33. The predicted octanol–water partition coefficient (Wildman–Crippen LogP) is 5.03. The second kappa shape index (κ2) is 13.3. The van der Waals surface area contributed by atoms with E-state index in [1.807, 2.05) is 24.3 Å². The average molecular weight is 675 g/mol. The summed E-state index contributed by atoms with van der Waals surface area (Å²) in [6.07, 6.45) is 1.74. The molecule has 9 nitrogen and oxygen atoms in total. The van der Waals surface area contributed by atoms with Crippen LogP contribution in [-0.4, -0.2) is 31.4 Å². The zero-order chi connectivity index (χ0) is 31.4. The maximum Gasteiger partial charge on any atom is 0.338 e. The Morgan fingerprint density at radius 3 is 2.64 bits per heavy atom. The van der Waals surface area contributed by atoms with Crippen molar-refractivity contribution in [2.75, 3.05) is 20.8 Å². The number of carbonyl (C=O) groups is 1. The monoisotopic (exact) mass is 673 g/mol. The Morgan fingerprint density at radius 1 is 1.11 bits per heavy atom. The Labute approximate surface area is 266 Å². The molecule has 5 rings (SSSR count). The van der Waals surface area contributed by atoms with Gasteiger partial charge in [-0.1, -0.05) is 45.5 Å². The molecule has 1 aliphatic heterocycles. The van der Waals surface area contributed by atoms with E-state index in [0.29, 0.717) is 49.0 Å². The van der Waals surface area contributed by atoms with E-state index in [2.05, 4.69) is 27.0 Å². The lowest BCUT2D eigenvalue weighted by atomic mass is 9.95. The van der Waals surface area contributed by atoms with Crippen LogP contribution in [0.5, 0.6) is 17.2 Å². The van der Waals surface area contributed by atoms with E-state index < -0.39 is 12.0 Å². The maximum atomic E-state index is 14.2. The number of hydrogen-bond acceptors (Lipinski definition) is 9. The zero-order valence-corrected chi connectivity index (χ0v) is 26.8. The number of halogens is 1. The van der Waals surface area contributed by atoms with Crippen molar-refractivity contribution in [2.24, 2.45) is 4.99 Å². The molecule has 0 aliphatic carbocycles. The predicted molar refractivity (Wildman–Crippen MR) is 170 cm³/mol. The lowest BCUT2D eigenvalue weighted by Crippen LogP contribution is -2.40. The van der Waals surface area contributed by atoms with Crippen molar-refractivity contribution in [3.63, 3.8) is 0 Å². The van der Waals surface area contributed by atoms with Crippen LogP contribution in [0.25, 0.3) is 6.08 Å². The lowest BCUT2D eigenvalue weighted by Gasteiger charge is -2.26. The van der Waals surface area contributed by atoms with Gasteiger partial charge in [0.1, 0.15) is 29.9 Å². The van der Waals surface area contributed by atoms with Crippen LogP contribution in [0.2, 0.25) is 0 Å². The second-order valence-electron chi connectivity index (χ2n) is 9.65. The van der Waals surface area contributed by atoms with Gasteiger partial charge in [-0.2, -0.15) is 5.26 Å². The molecule has 4 aromatic rings. The van der Waals surface area contributed by atoms with E-state index in [4.69, 9.17) is 18.9 Å². The second-order valence-corrected chi connectivity index (χ2v) is 11.6. The number of aromatic nitrogens is 1. The van der Waals surface area contributed by atoms with Gasteiger partial charge in [0.15, 0.2) is 4.80 Å². The highest BCUT2D eigenvalue weighted by Gasteiger charge is 2.35. The van der Waals surface area contributed by atoms with E-state index in [-0.39, 0.29) is 24.3 Å². The fourth-order valence-electron chi connectivity index (χ4n) is 4.95. The molecule has 0 bridgehead atoms. The molecule has 3 aromatic carbocycles. The van der Waals surface area contributed by atoms with E-state index in [9.17, 15) is 14.9 Å². The quantitative estimate of drug-likeness (QED) is 0.229. The maximum absolute atomic E-state index is 14.2. The normalized spacial score (nSPS) is 14.4. The van der Waals surface area contributed by atoms with Gasteiger partial charge in [-0.05, 0) is 56.3 Å². The minimum Gasteiger partial charge on any atom is -0.497 e. The van der Waals surface area contributed by atoms with E-state index >= 15 is 0 Å². The van der Waals surface area contributed by atoms with E-state index in [0.717, 1.165) is 10.0 Å². The van der Waals surface area contributed by atoms with Gasteiger partial charge >= 0.3 is 5.97 Å². The number of ether oxygens (including phenoxy) is 4. The Balaban J connectivity index is 1.66. The Bertz CT molecular complexity index is 2010. The van der Waals surface area contributed by atoms with Crippen LogP contribution in [0.4, 0.5) is 0 Å². The number of esters is 1. The van der Waals surface area contributed by atoms with Crippen LogP contribution in [0.1, 0.15) is 42.1 Å². The molecule has 1 aromatic heterocycles. The van der Waals surface area contributed by atoms with Crippen molar-refractivity contribution in [1.29, 1.82) is 5.26 Å². The molecular formula is C33H28BrN3O6S. The highest BCUT2D eigenvalue weighted by atomic mass is 79.9. The summed E-state index contributed by atoms with van der Waals surface area (Å²) in [6.45, 7) is 3.79. The zero-order valence-electron chi connectivity index (χ0n) is 24.4. The molecule has 0 spiro atoms. The number of hydrogen-bond donors (Lipinski definition) is 0. The molecule has 0 unspecified atom stereocenters. The third-order valence-corrected chi connectivity index (χ3v) is 8.51. The number of nitrogens with zero attached hydrogens (tertiary/aromatic N) is 3. The van der Waals surface area contributed by atoms with Crippen molar-refractivity contribution in [2.45, 2.75) is 26.5 Å². The Kier molecular flexibility index (Phi) is 9.32. The molecule has 11 heteroatoms. The molecule has 2 heterocycles. The largest absolute Gasteiger partial charge is 0.497 e. The lowest BCUT2D eigenvalue weighted by molar-refractivity contribution is -0.139. The smallest absolute Gasteiger partial charge is 0.338 e. The van der Waals surface area contributed by atoms with Gasteiger partial charge in [-0.25, -0.2) is 9.79 Å². The SMILES string of the molecule is CCOC(=O)C1=C(C)N=c2s/c(=C\c3cc(Br)ccc3OCc3ccccc3C#N)c(=O)n2[C@@H]1c1ccc(OC)cc1OC. The van der Waals surface area contributed by atoms with E-state index in [1.165, 1.54) is 23.0 Å². The highest BCUT2D eigenvalue weighted by Crippen LogP contribution is 2.37. The first-order valence-electron chi connectivity index (χ1n) is 13.6. The molecule has 44 heavy (non-hydrogen) atoms. The fraction of sp³-hybridized carbons (Fsp3) is 0.212. The van der Waals surface area contributed by atoms with Gasteiger partial charge in [0.2, 0.25) is 0 Å². The van der Waals surface area contributed by atoms with Crippen molar-refractivity contribution in [3.05, 3.63) is 118 Å². The van der Waals surface area contributed by atoms with Gasteiger partial charge < -0.3 is 18.9 Å². The minimum atomic E-state index is -0.853. The molecule has 1 aliphatic rings. The number of methoxy groups -OCH3 is 2. The Hall–Kier alpha value is -4.66. The molecule has 0 amide bonds. The first-order chi connectivity index (χ1) is 21.3. The number of carbonyl (C=O) groups excluding carboxylic acids is 1. The summed E-state index contributed by atoms with van der Waals surface area (Å²) in [6, 6.07) is 19.3. The van der Waals surface area contributed by atoms with Gasteiger partial charge in [0.25, 0.3) is 5.56 Å². The van der Waals surface area contributed by atoms with Crippen LogP contribution in [-0.2, 0) is 16.1 Å². The summed E-state index contributed by atoms with van der Waals surface area (Å²) in [5.74, 6) is 0.978. The number of benzene rings is 3. The summed E-state index contributed by atoms with van der Waals surface area (Å²) in [5, 5.41) is 9.47. The van der Waals surface area contributed by atoms with Crippen LogP contribution in [0.3, 0.4) is 0 Å². The summed E-state index contributed by atoms with van der Waals surface area (Å²) < 4.78 is 25.3. The summed E-state index contributed by atoms with van der Waals surface area (Å²) >= 11 is 4.72. The molecule has 1 atom stereocenters. The molecule has 0 saturated heterocycles. The number of thiazole rings is 1. The number of nitriles is 1. The van der Waals surface area contributed by atoms with Gasteiger partial charge in [-0.15, -0.1) is 0 Å². The summed E-state index contributed by atoms with van der Waals surface area (Å²) in [7, 11) is 3.07. The third kappa shape index (κ3) is 6.04. The molecule has 0 N–H and O–H groups in total. The first-order valence-corrected chi connectivity index (χ1v) is 15.2. The minimum absolute atomic E-state index is 0.164. The topological polar surface area (TPSA) is 112 Å². The molecule has 224 valence electrons. The Morgan fingerprint density at radius 2 is 1.91 bits per heavy atom. The fourth-order valence-corrected chi connectivity index (χ4v) is 6.36. The van der Waals surface area contributed by atoms with Gasteiger partial charge in [0.05, 0.1) is 48.3 Å². The van der Waals surface area contributed by atoms with Crippen molar-refractivity contribution in [3.8, 4) is 23.3 Å². The standard InChI is InChI=1S/C33H28BrN3O6S/c1-5-42-32(39)29-19(2)36-33-37(30(29)25-12-11-24(40-3)16-27(25)41-4)31(38)28(44-33)15-22-14-23(34)10-13-26(22)43-18-21-9-7-6-8-20(21)17-35/h6-16,30H,5,18H2,1-4H3/b28-15-/t30-/m1/s1. The van der Waals surface area contributed by atoms with Crippen molar-refractivity contribution >= 4 is 39.3 Å². The van der Waals surface area contributed by atoms with Crippen LogP contribution >= 0.6 is 27.3 Å².